The quantitative estimate of drug-likeness (QED) is 0.632. The average Bonchev–Trinajstić information content (AvgIpc) is 2.86. The number of rotatable bonds is 5. The predicted octanol–water partition coefficient (Wildman–Crippen LogP) is 3.64. The number of nitrogens with zero attached hydrogens (tertiary/aromatic N) is 1. The normalized spacial score (nSPS) is 23.3. The number of halogens is 1. The van der Waals surface area contributed by atoms with E-state index in [-0.39, 0.29) is 35.5 Å². The maximum Gasteiger partial charge on any atom is 0.247 e. The van der Waals surface area contributed by atoms with Gasteiger partial charge in [-0.25, -0.2) is 0 Å². The number of carbonyl (C=O) groups is 3. The minimum absolute atomic E-state index is 0.164. The maximum absolute atomic E-state index is 12.9. The van der Waals surface area contributed by atoms with E-state index in [2.05, 4.69) is 5.32 Å². The van der Waals surface area contributed by atoms with Crippen molar-refractivity contribution in [3.05, 3.63) is 41.4 Å². The van der Waals surface area contributed by atoms with Crippen LogP contribution in [0.5, 0.6) is 0 Å². The van der Waals surface area contributed by atoms with Crippen molar-refractivity contribution in [2.45, 2.75) is 39.2 Å². The first kappa shape index (κ1) is 18.6. The molecule has 26 heavy (non-hydrogen) atoms. The second-order valence-corrected chi connectivity index (χ2v) is 7.78. The highest BCUT2D eigenvalue weighted by Gasteiger charge is 2.51. The molecule has 1 aliphatic carbocycles. The van der Waals surface area contributed by atoms with Crippen LogP contribution in [0.15, 0.2) is 36.4 Å². The Labute approximate surface area is 158 Å². The van der Waals surface area contributed by atoms with Gasteiger partial charge in [-0.15, -0.1) is 0 Å². The fraction of sp³-hybridized carbons (Fsp3) is 0.450. The van der Waals surface area contributed by atoms with Crippen molar-refractivity contribution in [3.8, 4) is 0 Å². The van der Waals surface area contributed by atoms with Crippen LogP contribution in [-0.2, 0) is 14.4 Å². The number of amides is 3. The van der Waals surface area contributed by atoms with E-state index in [1.807, 2.05) is 26.0 Å². The molecule has 3 unspecified atom stereocenters. The Kier molecular flexibility index (Phi) is 5.47. The molecule has 5 nitrogen and oxygen atoms in total. The number of hydrogen-bond acceptors (Lipinski definition) is 3. The maximum atomic E-state index is 12.9. The van der Waals surface area contributed by atoms with Crippen LogP contribution in [-0.4, -0.2) is 28.7 Å². The lowest BCUT2D eigenvalue weighted by Gasteiger charge is -2.27. The number of fused-ring (bicyclic) bond motifs is 1. The van der Waals surface area contributed by atoms with Crippen molar-refractivity contribution in [1.29, 1.82) is 0 Å². The zero-order valence-corrected chi connectivity index (χ0v) is 15.7. The van der Waals surface area contributed by atoms with Gasteiger partial charge in [-0.3, -0.25) is 19.3 Å². The highest BCUT2D eigenvalue weighted by Crippen LogP contribution is 2.37. The fourth-order valence-electron chi connectivity index (χ4n) is 3.67. The highest BCUT2D eigenvalue weighted by molar-refractivity contribution is 6.30. The van der Waals surface area contributed by atoms with Gasteiger partial charge in [0.15, 0.2) is 0 Å². The summed E-state index contributed by atoms with van der Waals surface area (Å²) in [6.45, 7) is 3.95. The first-order valence-corrected chi connectivity index (χ1v) is 9.34. The lowest BCUT2D eigenvalue weighted by molar-refractivity contribution is -0.147. The minimum Gasteiger partial charge on any atom is -0.324 e. The predicted molar refractivity (Wildman–Crippen MR) is 101 cm³/mol. The van der Waals surface area contributed by atoms with E-state index < -0.39 is 6.04 Å². The van der Waals surface area contributed by atoms with E-state index in [9.17, 15) is 14.4 Å². The highest BCUT2D eigenvalue weighted by atomic mass is 35.5. The van der Waals surface area contributed by atoms with Gasteiger partial charge in [0, 0.05) is 10.7 Å². The molecule has 3 rings (SSSR count). The van der Waals surface area contributed by atoms with Crippen LogP contribution in [0.4, 0.5) is 5.69 Å². The molecule has 0 spiro atoms. The second-order valence-electron chi connectivity index (χ2n) is 7.34. The van der Waals surface area contributed by atoms with Crippen molar-refractivity contribution < 1.29 is 14.4 Å². The Morgan fingerprint density at radius 1 is 1.12 bits per heavy atom. The number of carbonyl (C=O) groups excluding carboxylic acids is 3. The van der Waals surface area contributed by atoms with Crippen molar-refractivity contribution in [2.24, 2.45) is 17.8 Å². The number of nitrogens with one attached hydrogen (secondary N) is 1. The Balaban J connectivity index is 1.83. The molecule has 1 aromatic rings. The van der Waals surface area contributed by atoms with Gasteiger partial charge >= 0.3 is 0 Å². The van der Waals surface area contributed by atoms with Gasteiger partial charge in [-0.1, -0.05) is 37.6 Å². The van der Waals surface area contributed by atoms with Crippen LogP contribution >= 0.6 is 11.6 Å². The second kappa shape index (κ2) is 7.62. The van der Waals surface area contributed by atoms with Crippen molar-refractivity contribution >= 4 is 35.0 Å². The first-order valence-electron chi connectivity index (χ1n) is 8.97. The third-order valence-corrected chi connectivity index (χ3v) is 5.21. The molecule has 0 saturated carbocycles. The topological polar surface area (TPSA) is 66.5 Å². The van der Waals surface area contributed by atoms with E-state index in [1.54, 1.807) is 24.3 Å². The lowest BCUT2D eigenvalue weighted by atomic mass is 9.85. The third-order valence-electron chi connectivity index (χ3n) is 4.96. The number of likely N-dealkylation sites (tertiary alicyclic amines) is 1. The van der Waals surface area contributed by atoms with Gasteiger partial charge in [0.1, 0.15) is 6.04 Å². The molecule has 0 radical (unpaired) electrons. The van der Waals surface area contributed by atoms with Crippen LogP contribution < -0.4 is 5.32 Å². The number of anilines is 1. The number of allylic oxidation sites excluding steroid dienone is 2. The van der Waals surface area contributed by atoms with Crippen LogP contribution in [0.3, 0.4) is 0 Å². The molecule has 6 heteroatoms. The van der Waals surface area contributed by atoms with Gasteiger partial charge in [0.25, 0.3) is 0 Å². The standard InChI is InChI=1S/C20H23ClN2O3/c1-12(2)11-17(18(24)22-14-9-7-13(21)8-10-14)23-19(25)15-5-3-4-6-16(15)20(23)26/h3-4,7-10,12,15-17H,5-6,11H2,1-2H3,(H,22,24). The van der Waals surface area contributed by atoms with Crippen LogP contribution in [0.1, 0.15) is 33.1 Å². The molecule has 1 aromatic carbocycles. The summed E-state index contributed by atoms with van der Waals surface area (Å²) in [7, 11) is 0. The average molecular weight is 375 g/mol. The van der Waals surface area contributed by atoms with Gasteiger partial charge in [0.2, 0.25) is 17.7 Å². The summed E-state index contributed by atoms with van der Waals surface area (Å²) in [6.07, 6.45) is 5.46. The Morgan fingerprint density at radius 3 is 2.15 bits per heavy atom. The molecule has 1 N–H and O–H groups in total. The number of imide groups is 1. The monoisotopic (exact) mass is 374 g/mol. The molecule has 0 aromatic heterocycles. The number of benzene rings is 1. The summed E-state index contributed by atoms with van der Waals surface area (Å²) >= 11 is 5.88. The van der Waals surface area contributed by atoms with E-state index in [0.717, 1.165) is 0 Å². The SMILES string of the molecule is CC(C)CC(C(=O)Nc1ccc(Cl)cc1)N1C(=O)C2CC=CCC2C1=O. The molecule has 3 atom stereocenters. The molecular formula is C20H23ClN2O3. The lowest BCUT2D eigenvalue weighted by Crippen LogP contribution is -2.48. The molecule has 2 aliphatic rings. The Morgan fingerprint density at radius 2 is 1.65 bits per heavy atom. The van der Waals surface area contributed by atoms with E-state index in [4.69, 9.17) is 11.6 Å². The summed E-state index contributed by atoms with van der Waals surface area (Å²) < 4.78 is 0. The zero-order chi connectivity index (χ0) is 18.8. The molecule has 0 bridgehead atoms. The van der Waals surface area contributed by atoms with Gasteiger partial charge in [-0.05, 0) is 49.4 Å². The Hall–Kier alpha value is -2.14. The Bertz CT molecular complexity index is 716. The van der Waals surface area contributed by atoms with Crippen LogP contribution in [0, 0.1) is 17.8 Å². The van der Waals surface area contributed by atoms with Crippen molar-refractivity contribution in [2.75, 3.05) is 5.32 Å². The minimum atomic E-state index is -0.795. The molecule has 138 valence electrons. The largest absolute Gasteiger partial charge is 0.324 e. The van der Waals surface area contributed by atoms with Crippen molar-refractivity contribution in [1.82, 2.24) is 4.90 Å². The zero-order valence-electron chi connectivity index (χ0n) is 14.9. The molecule has 1 saturated heterocycles. The van der Waals surface area contributed by atoms with Gasteiger partial charge < -0.3 is 5.32 Å². The van der Waals surface area contributed by atoms with E-state index in [1.165, 1.54) is 4.90 Å². The fourth-order valence-corrected chi connectivity index (χ4v) is 3.79. The molecule has 3 amide bonds. The molecule has 1 aliphatic heterocycles. The molecule has 1 heterocycles. The van der Waals surface area contributed by atoms with Crippen LogP contribution in [0.2, 0.25) is 5.02 Å². The van der Waals surface area contributed by atoms with Gasteiger partial charge in [0.05, 0.1) is 11.8 Å². The summed E-state index contributed by atoms with van der Waals surface area (Å²) in [4.78, 5) is 39.8. The van der Waals surface area contributed by atoms with Crippen LogP contribution in [0.25, 0.3) is 0 Å². The summed E-state index contributed by atoms with van der Waals surface area (Å²) in [5.74, 6) is -1.27. The molecule has 1 fully saturated rings. The summed E-state index contributed by atoms with van der Waals surface area (Å²) in [5.41, 5.74) is 0.589. The smallest absolute Gasteiger partial charge is 0.247 e. The van der Waals surface area contributed by atoms with E-state index >= 15 is 0 Å². The summed E-state index contributed by atoms with van der Waals surface area (Å²) in [5, 5.41) is 3.39. The molecular weight excluding hydrogens is 352 g/mol. The summed E-state index contributed by atoms with van der Waals surface area (Å²) in [6, 6.07) is 5.96. The number of hydrogen-bond donors (Lipinski definition) is 1. The van der Waals surface area contributed by atoms with Crippen molar-refractivity contribution in [3.63, 3.8) is 0 Å². The first-order chi connectivity index (χ1) is 12.4. The van der Waals surface area contributed by atoms with Gasteiger partial charge in [-0.2, -0.15) is 0 Å². The third kappa shape index (κ3) is 3.68. The van der Waals surface area contributed by atoms with E-state index in [0.29, 0.717) is 30.0 Å².